The third-order valence-electron chi connectivity index (χ3n) is 3.62. The van der Waals surface area contributed by atoms with Crippen molar-refractivity contribution in [3.05, 3.63) is 76.2 Å². The maximum atomic E-state index is 12.0. The van der Waals surface area contributed by atoms with Crippen LogP contribution in [0.1, 0.15) is 30.5 Å². The van der Waals surface area contributed by atoms with Crippen LogP contribution in [-0.2, 0) is 14.8 Å². The summed E-state index contributed by atoms with van der Waals surface area (Å²) >= 11 is 5.94. The monoisotopic (exact) mass is 392 g/mol. The molecule has 2 aromatic carbocycles. The highest BCUT2D eigenvalue weighted by Crippen LogP contribution is 2.17. The second kappa shape index (κ2) is 9.52. The number of halogens is 1. The molecule has 2 N–H and O–H groups in total. The molecule has 138 valence electrons. The van der Waals surface area contributed by atoms with Crippen LogP contribution in [0.5, 0.6) is 0 Å². The first-order valence-electron chi connectivity index (χ1n) is 8.13. The van der Waals surface area contributed by atoms with Gasteiger partial charge in [0.15, 0.2) is 0 Å². The minimum Gasteiger partial charge on any atom is -0.350 e. The van der Waals surface area contributed by atoms with Crippen LogP contribution < -0.4 is 10.0 Å². The van der Waals surface area contributed by atoms with E-state index in [1.165, 1.54) is 6.08 Å². The molecule has 0 aliphatic rings. The summed E-state index contributed by atoms with van der Waals surface area (Å²) in [6.07, 6.45) is 1.55. The molecule has 1 atom stereocenters. The lowest BCUT2D eigenvalue weighted by Crippen LogP contribution is -2.31. The largest absolute Gasteiger partial charge is 0.350 e. The second-order valence-electron chi connectivity index (χ2n) is 5.75. The zero-order valence-corrected chi connectivity index (χ0v) is 15.9. The predicted octanol–water partition coefficient (Wildman–Crippen LogP) is 3.50. The zero-order chi connectivity index (χ0) is 19.0. The lowest BCUT2D eigenvalue weighted by atomic mass is 10.1. The molecule has 1 amide bonds. The zero-order valence-electron chi connectivity index (χ0n) is 14.4. The van der Waals surface area contributed by atoms with E-state index in [4.69, 9.17) is 11.6 Å². The minimum absolute atomic E-state index is 0.0234. The van der Waals surface area contributed by atoms with Gasteiger partial charge in [-0.1, -0.05) is 54.1 Å². The Balaban J connectivity index is 1.79. The number of hydrogen-bond acceptors (Lipinski definition) is 3. The molecule has 0 radical (unpaired) electrons. The number of carbonyl (C=O) groups is 1. The van der Waals surface area contributed by atoms with Crippen LogP contribution >= 0.6 is 11.6 Å². The Labute approximate surface area is 159 Å². The van der Waals surface area contributed by atoms with Gasteiger partial charge in [0, 0.05) is 23.4 Å². The highest BCUT2D eigenvalue weighted by molar-refractivity contribution is 7.92. The Morgan fingerprint density at radius 2 is 1.88 bits per heavy atom. The number of benzene rings is 2. The molecule has 26 heavy (non-hydrogen) atoms. The van der Waals surface area contributed by atoms with Gasteiger partial charge in [-0.05, 0) is 36.3 Å². The van der Waals surface area contributed by atoms with Crippen LogP contribution in [0.3, 0.4) is 0 Å². The van der Waals surface area contributed by atoms with E-state index in [9.17, 15) is 13.2 Å². The van der Waals surface area contributed by atoms with Crippen molar-refractivity contribution in [2.45, 2.75) is 19.4 Å². The van der Waals surface area contributed by atoms with Crippen LogP contribution in [0.2, 0.25) is 5.02 Å². The SMILES string of the molecule is CC(NC(=O)CCNS(=O)(=O)/C=C/c1ccccc1)c1cccc(Cl)c1. The molecule has 0 fully saturated rings. The molecule has 2 rings (SSSR count). The van der Waals surface area contributed by atoms with Gasteiger partial charge in [-0.2, -0.15) is 0 Å². The third-order valence-corrected chi connectivity index (χ3v) is 4.96. The first-order chi connectivity index (χ1) is 12.4. The molecule has 5 nitrogen and oxygen atoms in total. The van der Waals surface area contributed by atoms with Crippen LogP contribution in [0.4, 0.5) is 0 Å². The highest BCUT2D eigenvalue weighted by atomic mass is 35.5. The second-order valence-corrected chi connectivity index (χ2v) is 7.83. The molecule has 0 aromatic heterocycles. The van der Waals surface area contributed by atoms with Crippen molar-refractivity contribution in [1.82, 2.24) is 10.0 Å². The molecule has 2 aromatic rings. The Bertz CT molecular complexity index is 867. The standard InChI is InChI=1S/C19H21ClN2O3S/c1-15(17-8-5-9-18(20)14-17)22-19(23)10-12-21-26(24,25)13-11-16-6-3-2-4-7-16/h2-9,11,13-15,21H,10,12H2,1H3,(H,22,23)/b13-11+. The molecule has 0 aliphatic carbocycles. The number of hydrogen-bond donors (Lipinski definition) is 2. The third kappa shape index (κ3) is 7.00. The molecule has 0 saturated heterocycles. The maximum absolute atomic E-state index is 12.0. The summed E-state index contributed by atoms with van der Waals surface area (Å²) in [6.45, 7) is 1.87. The van der Waals surface area contributed by atoms with Gasteiger partial charge in [0.05, 0.1) is 6.04 Å². The van der Waals surface area contributed by atoms with Crippen molar-refractivity contribution < 1.29 is 13.2 Å². The van der Waals surface area contributed by atoms with E-state index in [0.29, 0.717) is 5.02 Å². The van der Waals surface area contributed by atoms with Crippen molar-refractivity contribution in [2.24, 2.45) is 0 Å². The molecule has 1 unspecified atom stereocenters. The molecule has 7 heteroatoms. The van der Waals surface area contributed by atoms with E-state index in [1.807, 2.05) is 37.3 Å². The minimum atomic E-state index is -3.59. The lowest BCUT2D eigenvalue weighted by molar-refractivity contribution is -0.121. The summed E-state index contributed by atoms with van der Waals surface area (Å²) in [5.74, 6) is -0.243. The molecule has 0 heterocycles. The number of carbonyl (C=O) groups excluding carboxylic acids is 1. The summed E-state index contributed by atoms with van der Waals surface area (Å²) in [5, 5.41) is 4.51. The topological polar surface area (TPSA) is 75.3 Å². The van der Waals surface area contributed by atoms with Crippen LogP contribution in [-0.4, -0.2) is 20.9 Å². The van der Waals surface area contributed by atoms with Gasteiger partial charge in [0.1, 0.15) is 0 Å². The Hall–Kier alpha value is -2.15. The summed E-state index contributed by atoms with van der Waals surface area (Å²) in [7, 11) is -3.59. The Morgan fingerprint density at radius 3 is 2.58 bits per heavy atom. The lowest BCUT2D eigenvalue weighted by Gasteiger charge is -2.14. The first kappa shape index (κ1) is 20.2. The van der Waals surface area contributed by atoms with Crippen molar-refractivity contribution in [3.63, 3.8) is 0 Å². The number of amides is 1. The van der Waals surface area contributed by atoms with Gasteiger partial charge in [-0.25, -0.2) is 13.1 Å². The van der Waals surface area contributed by atoms with Gasteiger partial charge in [-0.15, -0.1) is 0 Å². The van der Waals surface area contributed by atoms with Crippen molar-refractivity contribution >= 4 is 33.6 Å². The molecular weight excluding hydrogens is 372 g/mol. The fourth-order valence-electron chi connectivity index (χ4n) is 2.26. The van der Waals surface area contributed by atoms with Crippen LogP contribution in [0.25, 0.3) is 6.08 Å². The van der Waals surface area contributed by atoms with Crippen molar-refractivity contribution in [3.8, 4) is 0 Å². The Morgan fingerprint density at radius 1 is 1.15 bits per heavy atom. The molecule has 0 spiro atoms. The summed E-state index contributed by atoms with van der Waals surface area (Å²) in [6, 6.07) is 16.1. The van der Waals surface area contributed by atoms with Crippen LogP contribution in [0.15, 0.2) is 60.0 Å². The summed E-state index contributed by atoms with van der Waals surface area (Å²) < 4.78 is 26.2. The molecule has 0 bridgehead atoms. The highest BCUT2D eigenvalue weighted by Gasteiger charge is 2.11. The Kier molecular flexibility index (Phi) is 7.38. The molecular formula is C19H21ClN2O3S. The fraction of sp³-hybridized carbons (Fsp3) is 0.211. The van der Waals surface area contributed by atoms with E-state index in [-0.39, 0.29) is 24.9 Å². The van der Waals surface area contributed by atoms with E-state index in [1.54, 1.807) is 24.3 Å². The smallest absolute Gasteiger partial charge is 0.233 e. The normalized spacial score (nSPS) is 12.8. The van der Waals surface area contributed by atoms with E-state index in [2.05, 4.69) is 10.0 Å². The van der Waals surface area contributed by atoms with E-state index < -0.39 is 10.0 Å². The number of nitrogens with one attached hydrogen (secondary N) is 2. The van der Waals surface area contributed by atoms with Gasteiger partial charge in [-0.3, -0.25) is 4.79 Å². The van der Waals surface area contributed by atoms with E-state index in [0.717, 1.165) is 16.5 Å². The number of sulfonamides is 1. The average Bonchev–Trinajstić information content (AvgIpc) is 2.61. The summed E-state index contributed by atoms with van der Waals surface area (Å²) in [4.78, 5) is 12.0. The number of rotatable bonds is 8. The molecule has 0 aliphatic heterocycles. The van der Waals surface area contributed by atoms with Crippen molar-refractivity contribution in [1.29, 1.82) is 0 Å². The quantitative estimate of drug-likeness (QED) is 0.721. The van der Waals surface area contributed by atoms with Gasteiger partial charge < -0.3 is 5.32 Å². The fourth-order valence-corrected chi connectivity index (χ4v) is 3.28. The van der Waals surface area contributed by atoms with Gasteiger partial charge >= 0.3 is 0 Å². The van der Waals surface area contributed by atoms with E-state index >= 15 is 0 Å². The predicted molar refractivity (Wildman–Crippen MR) is 105 cm³/mol. The molecule has 0 saturated carbocycles. The first-order valence-corrected chi connectivity index (χ1v) is 10.1. The van der Waals surface area contributed by atoms with Gasteiger partial charge in [0.2, 0.25) is 15.9 Å². The summed E-state index contributed by atoms with van der Waals surface area (Å²) in [5.41, 5.74) is 1.67. The maximum Gasteiger partial charge on any atom is 0.233 e. The van der Waals surface area contributed by atoms with Crippen LogP contribution in [0, 0.1) is 0 Å². The van der Waals surface area contributed by atoms with Gasteiger partial charge in [0.25, 0.3) is 0 Å². The van der Waals surface area contributed by atoms with Crippen molar-refractivity contribution in [2.75, 3.05) is 6.54 Å². The average molecular weight is 393 g/mol.